The molecule has 110 valence electrons. The van der Waals surface area contributed by atoms with Gasteiger partial charge in [0.25, 0.3) is 5.60 Å². The van der Waals surface area contributed by atoms with Crippen LogP contribution in [0, 0.1) is 0 Å². The van der Waals surface area contributed by atoms with Crippen molar-refractivity contribution >= 4 is 17.9 Å². The van der Waals surface area contributed by atoms with E-state index in [0.717, 1.165) is 0 Å². The second-order valence-electron chi connectivity index (χ2n) is 3.77. The third-order valence-corrected chi connectivity index (χ3v) is 2.16. The van der Waals surface area contributed by atoms with Crippen molar-refractivity contribution in [1.82, 2.24) is 0 Å². The van der Waals surface area contributed by atoms with Crippen molar-refractivity contribution in [2.45, 2.75) is 24.5 Å². The molecule has 0 aliphatic carbocycles. The molecule has 0 saturated carbocycles. The van der Waals surface area contributed by atoms with Gasteiger partial charge in [-0.2, -0.15) is 0 Å². The Kier molecular flexibility index (Phi) is 6.98. The van der Waals surface area contributed by atoms with Crippen molar-refractivity contribution in [2.75, 3.05) is 20.3 Å². The summed E-state index contributed by atoms with van der Waals surface area (Å²) in [4.78, 5) is 32.6. The summed E-state index contributed by atoms with van der Waals surface area (Å²) in [7, 11) is 1.30. The fourth-order valence-corrected chi connectivity index (χ4v) is 1.12. The van der Waals surface area contributed by atoms with Gasteiger partial charge in [-0.15, -0.1) is 0 Å². The highest BCUT2D eigenvalue weighted by atomic mass is 16.6. The number of hydrogen-bond acceptors (Lipinski definition) is 7. The largest absolute Gasteiger partial charge is 0.481 e. The predicted molar refractivity (Wildman–Crippen MR) is 58.3 cm³/mol. The number of aliphatic hydroxyl groups excluding tert-OH is 1. The number of aliphatic hydroxyl groups is 2. The molecule has 0 heterocycles. The van der Waals surface area contributed by atoms with Gasteiger partial charge < -0.3 is 29.9 Å². The molecule has 2 atom stereocenters. The molecule has 0 spiro atoms. The molecule has 0 bridgehead atoms. The number of hydrogen-bond donors (Lipinski definition) is 4. The third kappa shape index (κ3) is 5.64. The molecule has 0 saturated heterocycles. The van der Waals surface area contributed by atoms with Crippen LogP contribution in [0.5, 0.6) is 0 Å². The van der Waals surface area contributed by atoms with Crippen molar-refractivity contribution in [1.29, 1.82) is 0 Å². The molecule has 4 N–H and O–H groups in total. The third-order valence-electron chi connectivity index (χ3n) is 2.16. The fourth-order valence-electron chi connectivity index (χ4n) is 1.12. The normalized spacial score (nSPS) is 15.3. The van der Waals surface area contributed by atoms with Crippen LogP contribution in [0.4, 0.5) is 0 Å². The number of methoxy groups -OCH3 is 1. The average Bonchev–Trinajstić information content (AvgIpc) is 2.32. The van der Waals surface area contributed by atoms with E-state index in [9.17, 15) is 24.6 Å². The molecular formula is C10H16O9. The smallest absolute Gasteiger partial charge is 0.350 e. The molecule has 0 aromatic heterocycles. The van der Waals surface area contributed by atoms with E-state index in [4.69, 9.17) is 10.2 Å². The van der Waals surface area contributed by atoms with Gasteiger partial charge in [0.15, 0.2) is 0 Å². The van der Waals surface area contributed by atoms with Gasteiger partial charge in [-0.3, -0.25) is 4.79 Å². The molecular weight excluding hydrogens is 264 g/mol. The molecule has 19 heavy (non-hydrogen) atoms. The summed E-state index contributed by atoms with van der Waals surface area (Å²) in [5, 5.41) is 36.0. The zero-order valence-corrected chi connectivity index (χ0v) is 10.2. The molecule has 0 aromatic carbocycles. The molecule has 0 amide bonds. The fraction of sp³-hybridized carbons (Fsp3) is 0.700. The summed E-state index contributed by atoms with van der Waals surface area (Å²) in [6.07, 6.45) is -2.73. The summed E-state index contributed by atoms with van der Waals surface area (Å²) in [6, 6.07) is 0. The maximum Gasteiger partial charge on any atom is 0.350 e. The lowest BCUT2D eigenvalue weighted by molar-refractivity contribution is -0.183. The monoisotopic (exact) mass is 280 g/mol. The van der Waals surface area contributed by atoms with Gasteiger partial charge in [0.1, 0.15) is 12.7 Å². The van der Waals surface area contributed by atoms with Crippen LogP contribution in [0.2, 0.25) is 0 Å². The van der Waals surface area contributed by atoms with Crippen molar-refractivity contribution in [2.24, 2.45) is 0 Å². The van der Waals surface area contributed by atoms with Crippen LogP contribution in [0.1, 0.15) is 12.8 Å². The van der Waals surface area contributed by atoms with Crippen molar-refractivity contribution in [3.05, 3.63) is 0 Å². The van der Waals surface area contributed by atoms with E-state index in [1.54, 1.807) is 0 Å². The number of carbonyl (C=O) groups excluding carboxylic acids is 1. The summed E-state index contributed by atoms with van der Waals surface area (Å²) >= 11 is 0. The van der Waals surface area contributed by atoms with Crippen LogP contribution >= 0.6 is 0 Å². The maximum absolute atomic E-state index is 11.4. The molecule has 2 unspecified atom stereocenters. The van der Waals surface area contributed by atoms with E-state index in [0.29, 0.717) is 0 Å². The number of esters is 1. The zero-order valence-electron chi connectivity index (χ0n) is 10.2. The molecule has 0 aromatic rings. The summed E-state index contributed by atoms with van der Waals surface area (Å²) in [5.74, 6) is -4.82. The van der Waals surface area contributed by atoms with Crippen LogP contribution < -0.4 is 0 Å². The highest BCUT2D eigenvalue weighted by molar-refractivity contribution is 6.02. The molecule has 9 heteroatoms. The summed E-state index contributed by atoms with van der Waals surface area (Å²) < 4.78 is 8.97. The highest BCUT2D eigenvalue weighted by Gasteiger charge is 2.46. The number of carboxylic acid groups (broad SMARTS) is 2. The summed E-state index contributed by atoms with van der Waals surface area (Å²) in [5.41, 5.74) is -2.95. The van der Waals surface area contributed by atoms with Gasteiger partial charge in [0.05, 0.1) is 6.61 Å². The number of ether oxygens (including phenoxy) is 2. The number of carbonyl (C=O) groups is 3. The molecule has 0 radical (unpaired) electrons. The van der Waals surface area contributed by atoms with E-state index in [1.807, 2.05) is 0 Å². The standard InChI is InChI=1S/C10H16O9/c1-18-4-6(11)5-19-9(16)10(17,8(14)15)3-2-7(12)13/h6,11,17H,2-5H2,1H3,(H,12,13)(H,14,15). The first kappa shape index (κ1) is 17.3. The van der Waals surface area contributed by atoms with Crippen LogP contribution in [0.3, 0.4) is 0 Å². The number of rotatable bonds is 9. The van der Waals surface area contributed by atoms with Crippen LogP contribution in [-0.2, 0) is 23.9 Å². The van der Waals surface area contributed by atoms with Crippen molar-refractivity contribution in [3.63, 3.8) is 0 Å². The lowest BCUT2D eigenvalue weighted by atomic mass is 9.98. The van der Waals surface area contributed by atoms with Gasteiger partial charge in [0.2, 0.25) is 0 Å². The quantitative estimate of drug-likeness (QED) is 0.283. The van der Waals surface area contributed by atoms with Crippen molar-refractivity contribution < 1.29 is 44.3 Å². The predicted octanol–water partition coefficient (Wildman–Crippen LogP) is -1.78. The van der Waals surface area contributed by atoms with Gasteiger partial charge in [-0.1, -0.05) is 0 Å². The van der Waals surface area contributed by atoms with Crippen LogP contribution in [-0.4, -0.2) is 70.4 Å². The van der Waals surface area contributed by atoms with Gasteiger partial charge in [-0.25, -0.2) is 9.59 Å². The minimum Gasteiger partial charge on any atom is -0.481 e. The lowest BCUT2D eigenvalue weighted by Gasteiger charge is -2.21. The Labute approximate surface area is 108 Å². The minimum atomic E-state index is -2.95. The Morgan fingerprint density at radius 3 is 2.21 bits per heavy atom. The first-order valence-electron chi connectivity index (χ1n) is 5.25. The minimum absolute atomic E-state index is 0.145. The van der Waals surface area contributed by atoms with E-state index in [-0.39, 0.29) is 6.61 Å². The lowest BCUT2D eigenvalue weighted by Crippen LogP contribution is -2.48. The van der Waals surface area contributed by atoms with E-state index >= 15 is 0 Å². The van der Waals surface area contributed by atoms with E-state index in [2.05, 4.69) is 9.47 Å². The Bertz CT molecular complexity index is 340. The Balaban J connectivity index is 4.56. The number of carboxylic acids is 2. The molecule has 0 fully saturated rings. The van der Waals surface area contributed by atoms with Gasteiger partial charge >= 0.3 is 17.9 Å². The van der Waals surface area contributed by atoms with Gasteiger partial charge in [-0.05, 0) is 0 Å². The Morgan fingerprint density at radius 2 is 1.79 bits per heavy atom. The van der Waals surface area contributed by atoms with E-state index in [1.165, 1.54) is 7.11 Å². The summed E-state index contributed by atoms with van der Waals surface area (Å²) in [6.45, 7) is -0.719. The highest BCUT2D eigenvalue weighted by Crippen LogP contribution is 2.16. The van der Waals surface area contributed by atoms with E-state index < -0.39 is 49.1 Å². The maximum atomic E-state index is 11.4. The SMILES string of the molecule is COCC(O)COC(=O)C(O)(CCC(=O)O)C(=O)O. The molecule has 9 nitrogen and oxygen atoms in total. The number of aliphatic carboxylic acids is 2. The Morgan fingerprint density at radius 1 is 1.21 bits per heavy atom. The molecule has 0 aliphatic rings. The first-order chi connectivity index (χ1) is 8.74. The average molecular weight is 280 g/mol. The van der Waals surface area contributed by atoms with Crippen molar-refractivity contribution in [3.8, 4) is 0 Å². The second kappa shape index (κ2) is 7.67. The zero-order chi connectivity index (χ0) is 15.1. The van der Waals surface area contributed by atoms with Crippen LogP contribution in [0.25, 0.3) is 0 Å². The van der Waals surface area contributed by atoms with Gasteiger partial charge in [0, 0.05) is 20.0 Å². The molecule has 0 rings (SSSR count). The first-order valence-corrected chi connectivity index (χ1v) is 5.25. The molecule has 0 aliphatic heterocycles. The second-order valence-corrected chi connectivity index (χ2v) is 3.77. The van der Waals surface area contributed by atoms with Crippen LogP contribution in [0.15, 0.2) is 0 Å². The topological polar surface area (TPSA) is 151 Å². The Hall–Kier alpha value is -1.71.